The first kappa shape index (κ1) is 69.6. The van der Waals surface area contributed by atoms with E-state index in [0.717, 1.165) is 109 Å². The molecule has 0 aromatic carbocycles. The molecule has 0 bridgehead atoms. The van der Waals surface area contributed by atoms with Gasteiger partial charge in [0.15, 0.2) is 6.10 Å². The van der Waals surface area contributed by atoms with Gasteiger partial charge in [0.25, 0.3) is 0 Å². The smallest absolute Gasteiger partial charge is 0.306 e. The van der Waals surface area contributed by atoms with Gasteiger partial charge < -0.3 is 14.2 Å². The Labute approximate surface area is 452 Å². The second-order valence-corrected chi connectivity index (χ2v) is 20.6. The van der Waals surface area contributed by atoms with Crippen LogP contribution in [0.1, 0.15) is 303 Å². The van der Waals surface area contributed by atoms with Gasteiger partial charge in [0.1, 0.15) is 13.2 Å². The number of unbranched alkanes of at least 4 members (excludes halogenated alkanes) is 31. The molecule has 1 unspecified atom stereocenters. The summed E-state index contributed by atoms with van der Waals surface area (Å²) in [5.41, 5.74) is 0. The number of hydrogen-bond donors (Lipinski definition) is 0. The summed E-state index contributed by atoms with van der Waals surface area (Å²) in [6, 6.07) is 0. The molecule has 73 heavy (non-hydrogen) atoms. The molecule has 0 aliphatic rings. The quantitative estimate of drug-likeness (QED) is 0.0261. The summed E-state index contributed by atoms with van der Waals surface area (Å²) in [5.74, 6) is -0.914. The second-order valence-electron chi connectivity index (χ2n) is 20.6. The van der Waals surface area contributed by atoms with Crippen LogP contribution in [0, 0.1) is 0 Å². The third-order valence-corrected chi connectivity index (χ3v) is 13.3. The van der Waals surface area contributed by atoms with Crippen LogP contribution in [0.15, 0.2) is 85.1 Å². The van der Waals surface area contributed by atoms with Crippen LogP contribution < -0.4 is 0 Å². The Balaban J connectivity index is 4.43. The molecule has 0 saturated carbocycles. The molecule has 0 N–H and O–H groups in total. The lowest BCUT2D eigenvalue weighted by atomic mass is 10.1. The molecule has 0 amide bonds. The number of carbonyl (C=O) groups excluding carboxylic acids is 3. The maximum atomic E-state index is 12.9. The summed E-state index contributed by atoms with van der Waals surface area (Å²) < 4.78 is 16.9. The maximum absolute atomic E-state index is 12.9. The third-order valence-electron chi connectivity index (χ3n) is 13.3. The zero-order chi connectivity index (χ0) is 52.9. The Kier molecular flexibility index (Phi) is 58.3. The zero-order valence-corrected chi connectivity index (χ0v) is 48.1. The van der Waals surface area contributed by atoms with Gasteiger partial charge in [0.05, 0.1) is 0 Å². The molecule has 0 spiro atoms. The molecule has 1 atom stereocenters. The number of allylic oxidation sites excluding steroid dienone is 14. The predicted octanol–water partition coefficient (Wildman–Crippen LogP) is 21.1. The van der Waals surface area contributed by atoms with Gasteiger partial charge in [-0.05, 0) is 122 Å². The maximum Gasteiger partial charge on any atom is 0.306 e. The van der Waals surface area contributed by atoms with Crippen molar-refractivity contribution < 1.29 is 28.6 Å². The fraction of sp³-hybridized carbons (Fsp3) is 0.746. The lowest BCUT2D eigenvalue weighted by Gasteiger charge is -2.18. The Hall–Kier alpha value is -3.41. The second kappa shape index (κ2) is 61.1. The minimum atomic E-state index is -0.794. The van der Waals surface area contributed by atoms with Crippen molar-refractivity contribution in [1.82, 2.24) is 0 Å². The molecule has 6 nitrogen and oxygen atoms in total. The third kappa shape index (κ3) is 59.3. The van der Waals surface area contributed by atoms with E-state index in [-0.39, 0.29) is 31.1 Å². The van der Waals surface area contributed by atoms with E-state index in [1.807, 2.05) is 0 Å². The fourth-order valence-electron chi connectivity index (χ4n) is 8.63. The molecule has 0 heterocycles. The van der Waals surface area contributed by atoms with Crippen LogP contribution in [-0.4, -0.2) is 37.2 Å². The van der Waals surface area contributed by atoms with Crippen LogP contribution in [0.3, 0.4) is 0 Å². The molecular formula is C67H116O6. The molecule has 0 aliphatic heterocycles. The number of carbonyl (C=O) groups is 3. The highest BCUT2D eigenvalue weighted by Gasteiger charge is 2.19. The van der Waals surface area contributed by atoms with E-state index in [1.165, 1.54) is 154 Å². The van der Waals surface area contributed by atoms with Gasteiger partial charge in [-0.2, -0.15) is 0 Å². The molecule has 420 valence electrons. The van der Waals surface area contributed by atoms with E-state index < -0.39 is 6.10 Å². The molecule has 0 saturated heterocycles. The van der Waals surface area contributed by atoms with Crippen LogP contribution in [0.25, 0.3) is 0 Å². The highest BCUT2D eigenvalue weighted by molar-refractivity contribution is 5.71. The highest BCUT2D eigenvalue weighted by atomic mass is 16.6. The summed E-state index contributed by atoms with van der Waals surface area (Å²) in [7, 11) is 0. The Morgan fingerprint density at radius 2 is 0.493 bits per heavy atom. The van der Waals surface area contributed by atoms with Crippen LogP contribution in [-0.2, 0) is 28.6 Å². The summed E-state index contributed by atoms with van der Waals surface area (Å²) in [6.07, 6.45) is 80.0. The standard InChI is InChI=1S/C67H116O6/c1-4-7-10-13-16-19-22-25-28-30-32-33-35-36-39-42-45-48-51-54-57-60-66(69)72-63-64(62-71-65(68)59-56-53-50-47-44-41-38-27-24-21-18-15-12-9-6-3)73-67(70)61-58-55-52-49-46-43-40-37-34-31-29-26-23-20-17-14-11-8-5-2/h17,20,22,25-27,29-30,32,34-38,64H,4-16,18-19,21,23-24,28,31,33,39-63H2,1-3H3/b20-17-,25-22-,29-26-,32-30-,36-35-,37-34-,38-27-. The van der Waals surface area contributed by atoms with E-state index in [2.05, 4.69) is 106 Å². The van der Waals surface area contributed by atoms with Crippen LogP contribution in [0.2, 0.25) is 0 Å². The number of ether oxygens (including phenoxy) is 3. The average Bonchev–Trinajstić information content (AvgIpc) is 3.39. The van der Waals surface area contributed by atoms with Crippen molar-refractivity contribution in [3.05, 3.63) is 85.1 Å². The highest BCUT2D eigenvalue weighted by Crippen LogP contribution is 2.15. The van der Waals surface area contributed by atoms with Gasteiger partial charge in [-0.1, -0.05) is 247 Å². The minimum absolute atomic E-state index is 0.0902. The van der Waals surface area contributed by atoms with Crippen molar-refractivity contribution in [3.63, 3.8) is 0 Å². The first-order valence-corrected chi connectivity index (χ1v) is 31.1. The SMILES string of the molecule is CCCCC/C=C\C/C=C\C/C=C\CCCCCCCCC(=O)OC(COC(=O)CCCCCCC/C=C\CCCCCCCC)COC(=O)CCCCCCCC/C=C\C/C=C\C/C=C\CCCCCCC. The van der Waals surface area contributed by atoms with E-state index >= 15 is 0 Å². The summed E-state index contributed by atoms with van der Waals surface area (Å²) in [6.45, 7) is 6.59. The Bertz CT molecular complexity index is 1400. The Morgan fingerprint density at radius 1 is 0.274 bits per heavy atom. The van der Waals surface area contributed by atoms with Gasteiger partial charge >= 0.3 is 17.9 Å². The van der Waals surface area contributed by atoms with Crippen molar-refractivity contribution in [2.45, 2.75) is 309 Å². The number of hydrogen-bond acceptors (Lipinski definition) is 6. The van der Waals surface area contributed by atoms with E-state index in [9.17, 15) is 14.4 Å². The summed E-state index contributed by atoms with van der Waals surface area (Å²) >= 11 is 0. The van der Waals surface area contributed by atoms with Gasteiger partial charge in [-0.15, -0.1) is 0 Å². The van der Waals surface area contributed by atoms with Crippen LogP contribution >= 0.6 is 0 Å². The lowest BCUT2D eigenvalue weighted by molar-refractivity contribution is -0.167. The average molecular weight is 1020 g/mol. The predicted molar refractivity (Wildman–Crippen MR) is 316 cm³/mol. The van der Waals surface area contributed by atoms with E-state index in [0.29, 0.717) is 19.3 Å². The number of esters is 3. The van der Waals surface area contributed by atoms with Gasteiger partial charge in [-0.25, -0.2) is 0 Å². The van der Waals surface area contributed by atoms with Crippen molar-refractivity contribution in [2.24, 2.45) is 0 Å². The van der Waals surface area contributed by atoms with Crippen molar-refractivity contribution in [2.75, 3.05) is 13.2 Å². The lowest BCUT2D eigenvalue weighted by Crippen LogP contribution is -2.30. The monoisotopic (exact) mass is 1020 g/mol. The largest absolute Gasteiger partial charge is 0.462 e. The molecule has 0 aromatic rings. The van der Waals surface area contributed by atoms with E-state index in [4.69, 9.17) is 14.2 Å². The fourth-order valence-corrected chi connectivity index (χ4v) is 8.63. The normalized spacial score (nSPS) is 12.6. The number of rotatable bonds is 56. The topological polar surface area (TPSA) is 78.9 Å². The summed E-state index contributed by atoms with van der Waals surface area (Å²) in [4.78, 5) is 38.3. The van der Waals surface area contributed by atoms with Crippen molar-refractivity contribution in [3.8, 4) is 0 Å². The zero-order valence-electron chi connectivity index (χ0n) is 48.1. The molecule has 0 aliphatic carbocycles. The molecule has 0 fully saturated rings. The first-order valence-electron chi connectivity index (χ1n) is 31.1. The molecule has 0 aromatic heterocycles. The minimum Gasteiger partial charge on any atom is -0.462 e. The summed E-state index contributed by atoms with van der Waals surface area (Å²) in [5, 5.41) is 0. The molecule has 0 rings (SSSR count). The van der Waals surface area contributed by atoms with Crippen molar-refractivity contribution >= 4 is 17.9 Å². The van der Waals surface area contributed by atoms with E-state index in [1.54, 1.807) is 0 Å². The van der Waals surface area contributed by atoms with Crippen LogP contribution in [0.4, 0.5) is 0 Å². The van der Waals surface area contributed by atoms with Gasteiger partial charge in [0, 0.05) is 19.3 Å². The first-order chi connectivity index (χ1) is 36.0. The van der Waals surface area contributed by atoms with Gasteiger partial charge in [0.2, 0.25) is 0 Å². The van der Waals surface area contributed by atoms with Crippen molar-refractivity contribution in [1.29, 1.82) is 0 Å². The van der Waals surface area contributed by atoms with Crippen LogP contribution in [0.5, 0.6) is 0 Å². The molecule has 6 heteroatoms. The van der Waals surface area contributed by atoms with Gasteiger partial charge in [-0.3, -0.25) is 14.4 Å². The molecule has 0 radical (unpaired) electrons. The Morgan fingerprint density at radius 3 is 0.808 bits per heavy atom. The molecular weight excluding hydrogens is 901 g/mol.